The van der Waals surface area contributed by atoms with E-state index in [1.807, 2.05) is 53.4 Å². The summed E-state index contributed by atoms with van der Waals surface area (Å²) < 4.78 is 5.22. The molecule has 5 nitrogen and oxygen atoms in total. The molecule has 4 rings (SSSR count). The number of ether oxygens (including phenoxy) is 1. The zero-order valence-corrected chi connectivity index (χ0v) is 21.4. The number of rotatable bonds is 12. The second-order valence-electron chi connectivity index (χ2n) is 9.21. The highest BCUT2D eigenvalue weighted by molar-refractivity contribution is 7.11. The molecule has 1 fully saturated rings. The maximum atomic E-state index is 13.6. The highest BCUT2D eigenvalue weighted by Gasteiger charge is 2.46. The van der Waals surface area contributed by atoms with E-state index in [0.717, 1.165) is 16.9 Å². The Balaban J connectivity index is 1.47. The van der Waals surface area contributed by atoms with Crippen LogP contribution in [0, 0.1) is 12.8 Å². The van der Waals surface area contributed by atoms with Gasteiger partial charge in [0.2, 0.25) is 11.8 Å². The van der Waals surface area contributed by atoms with Crippen LogP contribution in [0.4, 0.5) is 0 Å². The molecule has 0 aliphatic heterocycles. The number of carbonyl (C=O) groups excluding carboxylic acids is 2. The highest BCUT2D eigenvalue weighted by Crippen LogP contribution is 2.48. The van der Waals surface area contributed by atoms with Gasteiger partial charge in [-0.05, 0) is 48.9 Å². The van der Waals surface area contributed by atoms with E-state index in [0.29, 0.717) is 32.7 Å². The Labute approximate surface area is 212 Å². The van der Waals surface area contributed by atoms with E-state index in [2.05, 4.69) is 31.2 Å². The average molecular weight is 491 g/mol. The van der Waals surface area contributed by atoms with Gasteiger partial charge in [0.1, 0.15) is 0 Å². The van der Waals surface area contributed by atoms with Gasteiger partial charge in [-0.2, -0.15) is 0 Å². The van der Waals surface area contributed by atoms with Crippen molar-refractivity contribution in [3.8, 4) is 0 Å². The minimum Gasteiger partial charge on any atom is -0.385 e. The van der Waals surface area contributed by atoms with Gasteiger partial charge in [0.25, 0.3) is 0 Å². The molecule has 1 aliphatic rings. The first-order valence-electron chi connectivity index (χ1n) is 12.2. The van der Waals surface area contributed by atoms with Crippen LogP contribution < -0.4 is 0 Å². The highest BCUT2D eigenvalue weighted by atomic mass is 32.1. The minimum absolute atomic E-state index is 0.0254. The van der Waals surface area contributed by atoms with Crippen LogP contribution in [0.25, 0.3) is 0 Å². The lowest BCUT2D eigenvalue weighted by Crippen LogP contribution is -2.43. The van der Waals surface area contributed by atoms with Gasteiger partial charge in [-0.1, -0.05) is 60.7 Å². The van der Waals surface area contributed by atoms with Crippen LogP contribution in [-0.2, 0) is 27.4 Å². The van der Waals surface area contributed by atoms with E-state index < -0.39 is 0 Å². The van der Waals surface area contributed by atoms with Crippen molar-refractivity contribution in [2.75, 3.05) is 26.8 Å². The first-order chi connectivity index (χ1) is 17.0. The lowest BCUT2D eigenvalue weighted by atomic mass is 10.1. The van der Waals surface area contributed by atoms with Crippen molar-refractivity contribution in [1.29, 1.82) is 0 Å². The fourth-order valence-electron chi connectivity index (χ4n) is 4.50. The van der Waals surface area contributed by atoms with Crippen molar-refractivity contribution in [1.82, 2.24) is 9.80 Å². The van der Waals surface area contributed by atoms with Gasteiger partial charge in [0.05, 0.1) is 13.1 Å². The maximum Gasteiger partial charge on any atom is 0.242 e. The number of hydrogen-bond donors (Lipinski definition) is 0. The monoisotopic (exact) mass is 490 g/mol. The lowest BCUT2D eigenvalue weighted by molar-refractivity contribution is -0.142. The van der Waals surface area contributed by atoms with Crippen LogP contribution in [0.3, 0.4) is 0 Å². The number of thiophene rings is 1. The summed E-state index contributed by atoms with van der Waals surface area (Å²) in [6.45, 7) is 4.32. The van der Waals surface area contributed by atoms with Crippen LogP contribution in [0.2, 0.25) is 0 Å². The molecule has 1 saturated carbocycles. The largest absolute Gasteiger partial charge is 0.385 e. The molecule has 0 spiro atoms. The quantitative estimate of drug-likeness (QED) is 0.326. The molecule has 1 unspecified atom stereocenters. The van der Waals surface area contributed by atoms with Gasteiger partial charge in [-0.15, -0.1) is 11.3 Å². The van der Waals surface area contributed by atoms with Crippen molar-refractivity contribution < 1.29 is 14.3 Å². The third-order valence-corrected chi connectivity index (χ3v) is 7.45. The summed E-state index contributed by atoms with van der Waals surface area (Å²) in [5.41, 5.74) is 2.28. The first kappa shape index (κ1) is 25.1. The molecule has 2 atom stereocenters. The number of hydrogen-bond acceptors (Lipinski definition) is 4. The van der Waals surface area contributed by atoms with Crippen LogP contribution in [0.5, 0.6) is 0 Å². The van der Waals surface area contributed by atoms with E-state index in [9.17, 15) is 9.59 Å². The minimum atomic E-state index is -0.0461. The Hall–Kier alpha value is -2.96. The number of nitrogens with zero attached hydrogens (tertiary/aromatic N) is 2. The molecule has 0 radical (unpaired) electrons. The standard InChI is InChI=1S/C29H34N2O3S/c1-22-14-15-25(35-22)20-31(19-23-10-5-3-6-11-23)28(32)21-30(16-9-17-34-2)29(33)27-18-26(27)24-12-7-4-8-13-24/h3-8,10-15,26-27H,9,16-21H2,1-2H3/t26-,27?/m0/s1. The van der Waals surface area contributed by atoms with Crippen LogP contribution in [0.1, 0.15) is 39.6 Å². The Morgan fingerprint density at radius 3 is 2.31 bits per heavy atom. The van der Waals surface area contributed by atoms with Crippen molar-refractivity contribution in [3.63, 3.8) is 0 Å². The van der Waals surface area contributed by atoms with Crippen molar-refractivity contribution in [2.45, 2.75) is 38.8 Å². The number of carbonyl (C=O) groups is 2. The van der Waals surface area contributed by atoms with Gasteiger partial charge in [-0.25, -0.2) is 0 Å². The molecule has 184 valence electrons. The summed E-state index contributed by atoms with van der Waals surface area (Å²) in [6.07, 6.45) is 1.56. The summed E-state index contributed by atoms with van der Waals surface area (Å²) >= 11 is 1.71. The number of methoxy groups -OCH3 is 1. The smallest absolute Gasteiger partial charge is 0.242 e. The second-order valence-corrected chi connectivity index (χ2v) is 10.6. The summed E-state index contributed by atoms with van der Waals surface area (Å²) in [4.78, 5) is 33.1. The van der Waals surface area contributed by atoms with Crippen molar-refractivity contribution >= 4 is 23.2 Å². The zero-order chi connectivity index (χ0) is 24.6. The summed E-state index contributed by atoms with van der Waals surface area (Å²) in [5.74, 6) is 0.256. The summed E-state index contributed by atoms with van der Waals surface area (Å²) in [7, 11) is 1.66. The molecule has 3 aromatic rings. The van der Waals surface area contributed by atoms with Gasteiger partial charge < -0.3 is 14.5 Å². The van der Waals surface area contributed by atoms with E-state index in [1.54, 1.807) is 23.3 Å². The second kappa shape index (κ2) is 12.1. The predicted octanol–water partition coefficient (Wildman–Crippen LogP) is 5.25. The molecule has 0 N–H and O–H groups in total. The topological polar surface area (TPSA) is 49.9 Å². The van der Waals surface area contributed by atoms with E-state index in [1.165, 1.54) is 10.4 Å². The molecule has 1 aliphatic carbocycles. The van der Waals surface area contributed by atoms with E-state index >= 15 is 0 Å². The number of benzene rings is 2. The third kappa shape index (κ3) is 7.03. The van der Waals surface area contributed by atoms with Gasteiger partial charge in [0, 0.05) is 42.5 Å². The Kier molecular flexibility index (Phi) is 8.72. The Morgan fingerprint density at radius 2 is 1.66 bits per heavy atom. The molecule has 0 bridgehead atoms. The number of aryl methyl sites for hydroxylation is 1. The Bertz CT molecular complexity index is 1100. The van der Waals surface area contributed by atoms with Crippen LogP contribution >= 0.6 is 11.3 Å². The van der Waals surface area contributed by atoms with Gasteiger partial charge in [-0.3, -0.25) is 9.59 Å². The SMILES string of the molecule is COCCCN(CC(=O)N(Cc1ccccc1)Cc1ccc(C)s1)C(=O)C1C[C@H]1c1ccccc1. The van der Waals surface area contributed by atoms with Crippen molar-refractivity contribution in [3.05, 3.63) is 93.7 Å². The molecule has 2 amide bonds. The molecular weight excluding hydrogens is 456 g/mol. The summed E-state index contributed by atoms with van der Waals surface area (Å²) in [6, 6.07) is 24.4. The molecular formula is C29H34N2O3S. The first-order valence-corrected chi connectivity index (χ1v) is 13.1. The van der Waals surface area contributed by atoms with Gasteiger partial charge >= 0.3 is 0 Å². The van der Waals surface area contributed by atoms with Crippen LogP contribution in [0.15, 0.2) is 72.8 Å². The maximum absolute atomic E-state index is 13.6. The fraction of sp³-hybridized carbons (Fsp3) is 0.379. The molecule has 6 heteroatoms. The van der Waals surface area contributed by atoms with Crippen molar-refractivity contribution in [2.24, 2.45) is 5.92 Å². The van der Waals surface area contributed by atoms with Crippen LogP contribution in [-0.4, -0.2) is 48.4 Å². The lowest BCUT2D eigenvalue weighted by Gasteiger charge is -2.28. The molecule has 0 saturated heterocycles. The van der Waals surface area contributed by atoms with E-state index in [-0.39, 0.29) is 30.2 Å². The normalized spacial score (nSPS) is 16.6. The average Bonchev–Trinajstić information content (AvgIpc) is 3.58. The molecule has 2 aromatic carbocycles. The molecule has 1 heterocycles. The fourth-order valence-corrected chi connectivity index (χ4v) is 5.40. The zero-order valence-electron chi connectivity index (χ0n) is 20.6. The molecule has 35 heavy (non-hydrogen) atoms. The predicted molar refractivity (Wildman–Crippen MR) is 140 cm³/mol. The van der Waals surface area contributed by atoms with Gasteiger partial charge in [0.15, 0.2) is 0 Å². The third-order valence-electron chi connectivity index (χ3n) is 6.46. The summed E-state index contributed by atoms with van der Waals surface area (Å²) in [5, 5.41) is 0. The Morgan fingerprint density at radius 1 is 0.943 bits per heavy atom. The number of amides is 2. The molecule has 1 aromatic heterocycles. The van der Waals surface area contributed by atoms with E-state index in [4.69, 9.17) is 4.74 Å².